The molecular formula is C23H27N3O3Si. The lowest BCUT2D eigenvalue weighted by atomic mass is 9.79. The highest BCUT2D eigenvalue weighted by atomic mass is 28.4. The Morgan fingerprint density at radius 3 is 2.43 bits per heavy atom. The summed E-state index contributed by atoms with van der Waals surface area (Å²) in [5, 5.41) is 20.0. The summed E-state index contributed by atoms with van der Waals surface area (Å²) in [6.45, 7) is 10.5. The summed E-state index contributed by atoms with van der Waals surface area (Å²) in [6.07, 6.45) is 3.59. The average Bonchev–Trinajstić information content (AvgIpc) is 2.71. The molecule has 0 aromatic heterocycles. The molecule has 0 saturated heterocycles. The fraction of sp³-hybridized carbons (Fsp3) is 0.435. The van der Waals surface area contributed by atoms with Gasteiger partial charge in [0.2, 0.25) is 13.9 Å². The van der Waals surface area contributed by atoms with Crippen molar-refractivity contribution in [1.82, 2.24) is 4.90 Å². The molecule has 3 rings (SSSR count). The van der Waals surface area contributed by atoms with Crippen molar-refractivity contribution < 1.29 is 14.0 Å². The molecule has 1 aromatic carbocycles. The number of nitrogens with zero attached hydrogens (tertiary/aromatic N) is 3. The standard InChI is InChI=1S/C23H27N3O3Si/c1-22(2,3)30(5,6)29-18-13-23(14-24,15-25)26-12-11-16-9-7-8-10-17(16)20(26)19(18)21(27)28-4/h7-12,20H,13H2,1-6H3/t20-/m0/s1. The number of benzene rings is 1. The van der Waals surface area contributed by atoms with Crippen LogP contribution in [0.25, 0.3) is 6.08 Å². The van der Waals surface area contributed by atoms with E-state index in [-0.39, 0.29) is 11.5 Å². The van der Waals surface area contributed by atoms with E-state index >= 15 is 0 Å². The number of hydrogen-bond donors (Lipinski definition) is 0. The van der Waals surface area contributed by atoms with Gasteiger partial charge in [-0.2, -0.15) is 10.5 Å². The minimum Gasteiger partial charge on any atom is -0.546 e. The first kappa shape index (κ1) is 21.7. The molecule has 6 nitrogen and oxygen atoms in total. The largest absolute Gasteiger partial charge is 0.546 e. The van der Waals surface area contributed by atoms with Crippen LogP contribution in [0.2, 0.25) is 18.1 Å². The molecule has 0 N–H and O–H groups in total. The first-order valence-corrected chi connectivity index (χ1v) is 12.8. The van der Waals surface area contributed by atoms with Gasteiger partial charge in [0.05, 0.1) is 25.3 Å². The summed E-state index contributed by atoms with van der Waals surface area (Å²) in [4.78, 5) is 14.7. The van der Waals surface area contributed by atoms with Crippen LogP contribution < -0.4 is 0 Å². The minimum absolute atomic E-state index is 0.0000494. The second kappa shape index (κ2) is 7.34. The summed E-state index contributed by atoms with van der Waals surface area (Å²) in [6, 6.07) is 11.4. The molecule has 1 atom stereocenters. The Hall–Kier alpha value is -3.03. The molecule has 0 bridgehead atoms. The van der Waals surface area contributed by atoms with Crippen molar-refractivity contribution in [2.24, 2.45) is 0 Å². The van der Waals surface area contributed by atoms with Crippen molar-refractivity contribution in [3.05, 3.63) is 52.9 Å². The number of carbonyl (C=O) groups excluding carboxylic acids is 1. The Bertz CT molecular complexity index is 1010. The number of rotatable bonds is 3. The van der Waals surface area contributed by atoms with Crippen LogP contribution in [-0.4, -0.2) is 31.8 Å². The van der Waals surface area contributed by atoms with Crippen LogP contribution in [0.5, 0.6) is 0 Å². The van der Waals surface area contributed by atoms with Gasteiger partial charge in [-0.15, -0.1) is 0 Å². The molecule has 156 valence electrons. The summed E-state index contributed by atoms with van der Waals surface area (Å²) >= 11 is 0. The quantitative estimate of drug-likeness (QED) is 0.521. The van der Waals surface area contributed by atoms with Crippen molar-refractivity contribution in [2.75, 3.05) is 7.11 Å². The Labute approximate surface area is 179 Å². The van der Waals surface area contributed by atoms with Gasteiger partial charge in [-0.05, 0) is 35.3 Å². The molecule has 0 fully saturated rings. The Kier molecular flexibility index (Phi) is 5.30. The third-order valence-corrected chi connectivity index (χ3v) is 10.7. The maximum atomic E-state index is 13.0. The molecule has 0 aliphatic carbocycles. The molecule has 30 heavy (non-hydrogen) atoms. The highest BCUT2D eigenvalue weighted by Gasteiger charge is 2.53. The van der Waals surface area contributed by atoms with Gasteiger partial charge < -0.3 is 14.1 Å². The first-order valence-electron chi connectivity index (χ1n) is 9.90. The van der Waals surface area contributed by atoms with Crippen molar-refractivity contribution in [2.45, 2.75) is 56.9 Å². The van der Waals surface area contributed by atoms with E-state index in [1.807, 2.05) is 30.3 Å². The lowest BCUT2D eigenvalue weighted by Gasteiger charge is -2.48. The molecule has 0 spiro atoms. The predicted octanol–water partition coefficient (Wildman–Crippen LogP) is 4.65. The highest BCUT2D eigenvalue weighted by Crippen LogP contribution is 2.49. The maximum absolute atomic E-state index is 13.0. The number of ether oxygens (including phenoxy) is 1. The maximum Gasteiger partial charge on any atom is 0.339 e. The molecule has 7 heteroatoms. The van der Waals surface area contributed by atoms with Gasteiger partial charge in [-0.25, -0.2) is 4.79 Å². The molecule has 2 heterocycles. The fourth-order valence-corrected chi connectivity index (χ4v) is 4.73. The van der Waals surface area contributed by atoms with E-state index in [9.17, 15) is 15.3 Å². The lowest BCUT2D eigenvalue weighted by Crippen LogP contribution is -2.53. The van der Waals surface area contributed by atoms with E-state index < -0.39 is 25.9 Å². The Morgan fingerprint density at radius 1 is 1.23 bits per heavy atom. The zero-order chi connectivity index (χ0) is 22.3. The Morgan fingerprint density at radius 2 is 1.87 bits per heavy atom. The van der Waals surface area contributed by atoms with Gasteiger partial charge in [-0.3, -0.25) is 0 Å². The topological polar surface area (TPSA) is 86.3 Å². The number of hydrogen-bond acceptors (Lipinski definition) is 6. The van der Waals surface area contributed by atoms with Crippen molar-refractivity contribution in [3.8, 4) is 12.1 Å². The molecular weight excluding hydrogens is 394 g/mol. The van der Waals surface area contributed by atoms with Crippen molar-refractivity contribution >= 4 is 20.4 Å². The smallest absolute Gasteiger partial charge is 0.339 e. The summed E-state index contributed by atoms with van der Waals surface area (Å²) in [7, 11) is -1.01. The molecule has 1 aromatic rings. The summed E-state index contributed by atoms with van der Waals surface area (Å²) in [5.74, 6) is -0.115. The second-order valence-corrected chi connectivity index (χ2v) is 13.9. The third-order valence-electron chi connectivity index (χ3n) is 6.37. The SMILES string of the molecule is COC(=O)C1=C(O[Si](C)(C)C(C)(C)C)CC(C#N)(C#N)N2C=Cc3ccccc3[C@@H]12. The van der Waals surface area contributed by atoms with Crippen LogP contribution in [0.3, 0.4) is 0 Å². The molecule has 0 radical (unpaired) electrons. The van der Waals surface area contributed by atoms with Crippen LogP contribution in [0.4, 0.5) is 0 Å². The second-order valence-electron chi connectivity index (χ2n) is 9.21. The van der Waals surface area contributed by atoms with E-state index in [2.05, 4.69) is 46.0 Å². The monoisotopic (exact) mass is 421 g/mol. The molecule has 0 amide bonds. The predicted molar refractivity (Wildman–Crippen MR) is 116 cm³/mol. The number of carbonyl (C=O) groups is 1. The van der Waals surface area contributed by atoms with Crippen LogP contribution in [-0.2, 0) is 14.0 Å². The van der Waals surface area contributed by atoms with Crippen LogP contribution in [0.15, 0.2) is 41.8 Å². The fourth-order valence-electron chi connectivity index (χ4n) is 3.63. The van der Waals surface area contributed by atoms with Crippen molar-refractivity contribution in [3.63, 3.8) is 0 Å². The van der Waals surface area contributed by atoms with Gasteiger partial charge in [-0.1, -0.05) is 45.0 Å². The zero-order valence-corrected chi connectivity index (χ0v) is 19.3. The number of fused-ring (bicyclic) bond motifs is 3. The van der Waals surface area contributed by atoms with Crippen molar-refractivity contribution in [1.29, 1.82) is 10.5 Å². The van der Waals surface area contributed by atoms with Crippen LogP contribution in [0.1, 0.15) is 44.4 Å². The molecule has 2 aliphatic rings. The minimum atomic E-state index is -2.35. The number of nitriles is 2. The van der Waals surface area contributed by atoms with E-state index in [4.69, 9.17) is 9.16 Å². The third kappa shape index (κ3) is 3.30. The lowest BCUT2D eigenvalue weighted by molar-refractivity contribution is -0.137. The average molecular weight is 422 g/mol. The van der Waals surface area contributed by atoms with Crippen LogP contribution >= 0.6 is 0 Å². The van der Waals surface area contributed by atoms with Gasteiger partial charge in [0.1, 0.15) is 17.7 Å². The Balaban J connectivity index is 2.31. The van der Waals surface area contributed by atoms with Gasteiger partial charge in [0.25, 0.3) is 0 Å². The molecule has 0 unspecified atom stereocenters. The molecule has 0 saturated carbocycles. The molecule has 2 aliphatic heterocycles. The van der Waals surface area contributed by atoms with Gasteiger partial charge >= 0.3 is 5.97 Å². The highest BCUT2D eigenvalue weighted by molar-refractivity contribution is 6.74. The number of esters is 1. The van der Waals surface area contributed by atoms with E-state index in [1.165, 1.54) is 7.11 Å². The first-order chi connectivity index (χ1) is 14.0. The zero-order valence-electron chi connectivity index (χ0n) is 18.3. The van der Waals surface area contributed by atoms with E-state index in [0.717, 1.165) is 11.1 Å². The number of methoxy groups -OCH3 is 1. The summed E-state index contributed by atoms with van der Waals surface area (Å²) in [5.41, 5.74) is 0.647. The van der Waals surface area contributed by atoms with Gasteiger partial charge in [0, 0.05) is 6.20 Å². The van der Waals surface area contributed by atoms with Gasteiger partial charge in [0.15, 0.2) is 0 Å². The summed E-state index contributed by atoms with van der Waals surface area (Å²) < 4.78 is 11.7. The van der Waals surface area contributed by atoms with Crippen LogP contribution in [0, 0.1) is 22.7 Å². The van der Waals surface area contributed by atoms with E-state index in [0.29, 0.717) is 11.3 Å². The van der Waals surface area contributed by atoms with E-state index in [1.54, 1.807) is 11.1 Å². The normalized spacial score (nSPS) is 19.9.